The van der Waals surface area contributed by atoms with E-state index >= 15 is 0 Å². The quantitative estimate of drug-likeness (QED) is 0.0806. The summed E-state index contributed by atoms with van der Waals surface area (Å²) in [6.07, 6.45) is 2.28. The standard InChI is InChI=1S/C30H57N7O7/c1-16(2)13-21(32)27(40)33-19(7)26(39)36-24(15-18(5)6)29(42)37-23(14-17(3)4)28(41)34-20(8)25(38)35-22(30(43)44)11-9-10-12-31/h16-24H,9-15,31-32H2,1-8H3,(H,33,40)(H,34,41)(H,35,38)(H,36,39)(H,37,42)(H,43,44)/t19-,20-,21-,22-,23-,24-/m0/s1. The topological polar surface area (TPSA) is 235 Å². The zero-order valence-corrected chi connectivity index (χ0v) is 27.7. The fourth-order valence-corrected chi connectivity index (χ4v) is 4.40. The summed E-state index contributed by atoms with van der Waals surface area (Å²) < 4.78 is 0. The summed E-state index contributed by atoms with van der Waals surface area (Å²) in [6.45, 7) is 14.7. The van der Waals surface area contributed by atoms with Crippen LogP contribution in [0.2, 0.25) is 0 Å². The highest BCUT2D eigenvalue weighted by atomic mass is 16.4. The number of hydrogen-bond donors (Lipinski definition) is 8. The highest BCUT2D eigenvalue weighted by molar-refractivity contribution is 5.96. The van der Waals surface area contributed by atoms with Gasteiger partial charge in [-0.05, 0) is 76.7 Å². The Bertz CT molecular complexity index is 958. The largest absolute Gasteiger partial charge is 0.480 e. The molecule has 14 heteroatoms. The maximum absolute atomic E-state index is 13.4. The van der Waals surface area contributed by atoms with E-state index in [0.29, 0.717) is 25.8 Å². The third-order valence-electron chi connectivity index (χ3n) is 6.81. The van der Waals surface area contributed by atoms with Gasteiger partial charge >= 0.3 is 5.97 Å². The van der Waals surface area contributed by atoms with Gasteiger partial charge in [-0.3, -0.25) is 24.0 Å². The Morgan fingerprint density at radius 3 is 1.34 bits per heavy atom. The third kappa shape index (κ3) is 16.6. The predicted molar refractivity (Wildman–Crippen MR) is 168 cm³/mol. The number of rotatable bonds is 21. The number of carbonyl (C=O) groups is 6. The van der Waals surface area contributed by atoms with Crippen molar-refractivity contribution >= 4 is 35.5 Å². The minimum Gasteiger partial charge on any atom is -0.480 e. The molecule has 0 aromatic rings. The van der Waals surface area contributed by atoms with E-state index in [1.807, 2.05) is 41.5 Å². The molecule has 0 aliphatic carbocycles. The van der Waals surface area contributed by atoms with Gasteiger partial charge in [-0.2, -0.15) is 0 Å². The molecule has 10 N–H and O–H groups in total. The molecule has 5 amide bonds. The molecule has 0 aliphatic rings. The number of unbranched alkanes of at least 4 members (excludes halogenated alkanes) is 1. The fourth-order valence-electron chi connectivity index (χ4n) is 4.40. The fraction of sp³-hybridized carbons (Fsp3) is 0.800. The first kappa shape index (κ1) is 40.7. The molecule has 254 valence electrons. The molecule has 0 heterocycles. The van der Waals surface area contributed by atoms with Gasteiger partial charge in [0.1, 0.15) is 30.2 Å². The van der Waals surface area contributed by atoms with E-state index in [1.165, 1.54) is 13.8 Å². The number of aliphatic carboxylic acids is 1. The van der Waals surface area contributed by atoms with Crippen LogP contribution in [-0.4, -0.2) is 83.4 Å². The Labute approximate surface area is 262 Å². The highest BCUT2D eigenvalue weighted by Crippen LogP contribution is 2.10. The van der Waals surface area contributed by atoms with Gasteiger partial charge in [0.15, 0.2) is 0 Å². The van der Waals surface area contributed by atoms with Crippen molar-refractivity contribution < 1.29 is 33.9 Å². The van der Waals surface area contributed by atoms with E-state index in [4.69, 9.17) is 11.5 Å². The van der Waals surface area contributed by atoms with Crippen molar-refractivity contribution in [3.05, 3.63) is 0 Å². The molecule has 0 aromatic heterocycles. The molecule has 0 aliphatic heterocycles. The molecule has 0 aromatic carbocycles. The van der Waals surface area contributed by atoms with Crippen molar-refractivity contribution in [3.8, 4) is 0 Å². The van der Waals surface area contributed by atoms with Crippen LogP contribution in [0.5, 0.6) is 0 Å². The van der Waals surface area contributed by atoms with Crippen molar-refractivity contribution in [2.45, 2.75) is 130 Å². The minimum absolute atomic E-state index is 0.00328. The second-order valence-electron chi connectivity index (χ2n) is 12.8. The summed E-state index contributed by atoms with van der Waals surface area (Å²) in [4.78, 5) is 76.2. The average Bonchev–Trinajstić information content (AvgIpc) is 2.90. The monoisotopic (exact) mass is 627 g/mol. The second kappa shape index (κ2) is 20.7. The van der Waals surface area contributed by atoms with Gasteiger partial charge in [0.2, 0.25) is 29.5 Å². The Morgan fingerprint density at radius 2 is 0.932 bits per heavy atom. The first-order valence-electron chi connectivity index (χ1n) is 15.6. The minimum atomic E-state index is -1.19. The normalized spacial score (nSPS) is 15.5. The lowest BCUT2D eigenvalue weighted by Gasteiger charge is -2.27. The molecule has 0 fully saturated rings. The lowest BCUT2D eigenvalue weighted by molar-refractivity contribution is -0.142. The van der Waals surface area contributed by atoms with Crippen LogP contribution in [0, 0.1) is 17.8 Å². The molecule has 6 atom stereocenters. The first-order chi connectivity index (χ1) is 20.4. The molecule has 14 nitrogen and oxygen atoms in total. The molecular weight excluding hydrogens is 570 g/mol. The number of amides is 5. The Balaban J connectivity index is 5.53. The number of nitrogens with two attached hydrogens (primary N) is 2. The maximum Gasteiger partial charge on any atom is 0.326 e. The van der Waals surface area contributed by atoms with E-state index in [9.17, 15) is 33.9 Å². The van der Waals surface area contributed by atoms with Gasteiger partial charge in [-0.25, -0.2) is 4.79 Å². The van der Waals surface area contributed by atoms with Crippen LogP contribution < -0.4 is 38.1 Å². The Kier molecular flexibility index (Phi) is 19.1. The van der Waals surface area contributed by atoms with Gasteiger partial charge in [0.25, 0.3) is 0 Å². The van der Waals surface area contributed by atoms with E-state index in [0.717, 1.165) is 0 Å². The number of carboxylic acids is 1. The predicted octanol–water partition coefficient (Wildman–Crippen LogP) is 0.129. The zero-order chi connectivity index (χ0) is 34.1. The van der Waals surface area contributed by atoms with Gasteiger partial charge in [-0.1, -0.05) is 41.5 Å². The molecule has 0 saturated carbocycles. The number of hydrogen-bond acceptors (Lipinski definition) is 8. The molecular formula is C30H57N7O7. The maximum atomic E-state index is 13.4. The van der Waals surface area contributed by atoms with Gasteiger partial charge in [0, 0.05) is 0 Å². The third-order valence-corrected chi connectivity index (χ3v) is 6.81. The number of nitrogens with one attached hydrogen (secondary N) is 5. The molecule has 0 spiro atoms. The first-order valence-corrected chi connectivity index (χ1v) is 15.6. The Morgan fingerprint density at radius 1 is 0.545 bits per heavy atom. The summed E-state index contributed by atoms with van der Waals surface area (Å²) in [5.74, 6) is -3.95. The molecule has 0 unspecified atom stereocenters. The number of carbonyl (C=O) groups excluding carboxylic acids is 5. The molecule has 0 radical (unpaired) electrons. The summed E-state index contributed by atoms with van der Waals surface area (Å²) in [5.41, 5.74) is 11.4. The zero-order valence-electron chi connectivity index (χ0n) is 27.7. The Hall–Kier alpha value is -3.26. The van der Waals surface area contributed by atoms with E-state index in [-0.39, 0.29) is 37.0 Å². The summed E-state index contributed by atoms with van der Waals surface area (Å²) >= 11 is 0. The summed E-state index contributed by atoms with van der Waals surface area (Å²) in [7, 11) is 0. The van der Waals surface area contributed by atoms with Crippen LogP contribution in [0.15, 0.2) is 0 Å². The molecule has 44 heavy (non-hydrogen) atoms. The average molecular weight is 628 g/mol. The van der Waals surface area contributed by atoms with Crippen molar-refractivity contribution in [2.24, 2.45) is 29.2 Å². The van der Waals surface area contributed by atoms with Crippen molar-refractivity contribution in [1.29, 1.82) is 0 Å². The lowest BCUT2D eigenvalue weighted by Crippen LogP contribution is -2.59. The summed E-state index contributed by atoms with van der Waals surface area (Å²) in [5, 5.41) is 22.4. The van der Waals surface area contributed by atoms with Crippen molar-refractivity contribution in [1.82, 2.24) is 26.6 Å². The highest BCUT2D eigenvalue weighted by Gasteiger charge is 2.31. The van der Waals surface area contributed by atoms with Crippen molar-refractivity contribution in [3.63, 3.8) is 0 Å². The summed E-state index contributed by atoms with van der Waals surface area (Å²) in [6, 6.07) is -5.97. The van der Waals surface area contributed by atoms with Gasteiger partial charge < -0.3 is 43.2 Å². The molecule has 0 bridgehead atoms. The lowest BCUT2D eigenvalue weighted by atomic mass is 9.99. The van der Waals surface area contributed by atoms with Gasteiger partial charge in [-0.15, -0.1) is 0 Å². The van der Waals surface area contributed by atoms with Crippen LogP contribution in [0.4, 0.5) is 0 Å². The smallest absolute Gasteiger partial charge is 0.326 e. The van der Waals surface area contributed by atoms with Crippen LogP contribution in [0.1, 0.15) is 93.9 Å². The van der Waals surface area contributed by atoms with Crippen LogP contribution in [-0.2, 0) is 28.8 Å². The van der Waals surface area contributed by atoms with Crippen molar-refractivity contribution in [2.75, 3.05) is 6.54 Å². The van der Waals surface area contributed by atoms with E-state index in [2.05, 4.69) is 26.6 Å². The van der Waals surface area contributed by atoms with Crippen LogP contribution in [0.3, 0.4) is 0 Å². The molecule has 0 rings (SSSR count). The van der Waals surface area contributed by atoms with Gasteiger partial charge in [0.05, 0.1) is 6.04 Å². The van der Waals surface area contributed by atoms with E-state index in [1.54, 1.807) is 0 Å². The molecule has 0 saturated heterocycles. The van der Waals surface area contributed by atoms with Crippen LogP contribution >= 0.6 is 0 Å². The number of carboxylic acid groups (broad SMARTS) is 1. The SMILES string of the molecule is CC(C)C[C@H](NC(=O)[C@H](C)NC(=O)[C@@H](N)CC(C)C)C(=O)N[C@@H](CC(C)C)C(=O)N[C@@H](C)C(=O)N[C@@H](CCCCN)C(=O)O. The second-order valence-corrected chi connectivity index (χ2v) is 12.8. The van der Waals surface area contributed by atoms with Crippen LogP contribution in [0.25, 0.3) is 0 Å². The van der Waals surface area contributed by atoms with E-state index < -0.39 is 71.8 Å².